The maximum atomic E-state index is 13.9. The van der Waals surface area contributed by atoms with E-state index >= 15 is 0 Å². The largest absolute Gasteiger partial charge is 0.354 e. The van der Waals surface area contributed by atoms with E-state index in [0.29, 0.717) is 13.0 Å². The smallest absolute Gasteiger partial charge is 0.243 e. The molecule has 0 heterocycles. The van der Waals surface area contributed by atoms with E-state index in [2.05, 4.69) is 5.32 Å². The summed E-state index contributed by atoms with van der Waals surface area (Å²) in [6.07, 6.45) is 3.03. The molecular formula is C32H39F2N3O4S. The molecule has 0 aliphatic carbocycles. The van der Waals surface area contributed by atoms with Gasteiger partial charge in [0.25, 0.3) is 0 Å². The minimum absolute atomic E-state index is 0.0300. The Hall–Kier alpha value is -3.79. The zero-order valence-electron chi connectivity index (χ0n) is 24.4. The van der Waals surface area contributed by atoms with E-state index in [-0.39, 0.29) is 43.4 Å². The van der Waals surface area contributed by atoms with Gasteiger partial charge in [-0.1, -0.05) is 73.5 Å². The van der Waals surface area contributed by atoms with Crippen LogP contribution in [0.5, 0.6) is 0 Å². The van der Waals surface area contributed by atoms with Crippen molar-refractivity contribution in [2.75, 3.05) is 23.7 Å². The third-order valence-corrected chi connectivity index (χ3v) is 8.11. The number of anilines is 1. The Kier molecular flexibility index (Phi) is 12.0. The predicted molar refractivity (Wildman–Crippen MR) is 161 cm³/mol. The number of amides is 2. The van der Waals surface area contributed by atoms with Gasteiger partial charge in [-0.2, -0.15) is 0 Å². The Morgan fingerprint density at radius 2 is 1.60 bits per heavy atom. The minimum Gasteiger partial charge on any atom is -0.354 e. The van der Waals surface area contributed by atoms with Crippen molar-refractivity contribution in [2.24, 2.45) is 0 Å². The predicted octanol–water partition coefficient (Wildman–Crippen LogP) is 5.38. The molecular weight excluding hydrogens is 560 g/mol. The number of benzene rings is 3. The fourth-order valence-electron chi connectivity index (χ4n) is 4.59. The summed E-state index contributed by atoms with van der Waals surface area (Å²) in [5.74, 6) is -2.83. The first kappa shape index (κ1) is 32.7. The maximum absolute atomic E-state index is 13.9. The van der Waals surface area contributed by atoms with E-state index < -0.39 is 27.7 Å². The first-order valence-corrected chi connectivity index (χ1v) is 15.9. The Balaban J connectivity index is 1.87. The Morgan fingerprint density at radius 1 is 0.905 bits per heavy atom. The number of hydrogen-bond acceptors (Lipinski definition) is 4. The number of hydrogen-bond donors (Lipinski definition) is 1. The second-order valence-corrected chi connectivity index (χ2v) is 12.3. The molecule has 0 fully saturated rings. The summed E-state index contributed by atoms with van der Waals surface area (Å²) < 4.78 is 53.3. The van der Waals surface area contributed by atoms with Gasteiger partial charge in [-0.05, 0) is 43.0 Å². The first-order valence-electron chi connectivity index (χ1n) is 14.1. The third-order valence-electron chi connectivity index (χ3n) is 6.92. The molecule has 226 valence electrons. The number of carbonyl (C=O) groups is 2. The average molecular weight is 600 g/mol. The molecule has 42 heavy (non-hydrogen) atoms. The summed E-state index contributed by atoms with van der Waals surface area (Å²) in [6, 6.07) is 19.2. The molecule has 0 radical (unpaired) electrons. The number of rotatable bonds is 15. The van der Waals surface area contributed by atoms with Crippen molar-refractivity contribution in [3.05, 3.63) is 101 Å². The molecule has 10 heteroatoms. The lowest BCUT2D eigenvalue weighted by molar-refractivity contribution is -0.141. The second kappa shape index (κ2) is 15.4. The van der Waals surface area contributed by atoms with Gasteiger partial charge < -0.3 is 10.2 Å². The molecule has 0 unspecified atom stereocenters. The normalized spacial score (nSPS) is 12.0. The quantitative estimate of drug-likeness (QED) is 0.238. The van der Waals surface area contributed by atoms with Crippen molar-refractivity contribution in [1.29, 1.82) is 0 Å². The molecule has 7 nitrogen and oxygen atoms in total. The van der Waals surface area contributed by atoms with E-state index in [9.17, 15) is 26.8 Å². The Morgan fingerprint density at radius 3 is 2.21 bits per heavy atom. The fraction of sp³-hybridized carbons (Fsp3) is 0.375. The molecule has 0 saturated heterocycles. The Bertz CT molecular complexity index is 1430. The molecule has 2 amide bonds. The summed E-state index contributed by atoms with van der Waals surface area (Å²) >= 11 is 0. The van der Waals surface area contributed by atoms with Gasteiger partial charge in [0, 0.05) is 38.5 Å². The van der Waals surface area contributed by atoms with Crippen LogP contribution < -0.4 is 9.62 Å². The molecule has 3 aromatic carbocycles. The number of halogens is 2. The highest BCUT2D eigenvalue weighted by atomic mass is 32.2. The summed E-state index contributed by atoms with van der Waals surface area (Å²) in [5, 5.41) is 2.97. The zero-order valence-corrected chi connectivity index (χ0v) is 25.2. The number of unbranched alkanes of at least 4 members (excludes halogenated alkanes) is 1. The van der Waals surface area contributed by atoms with Crippen LogP contribution >= 0.6 is 0 Å². The molecule has 0 bridgehead atoms. The van der Waals surface area contributed by atoms with Gasteiger partial charge in [-0.3, -0.25) is 13.9 Å². The molecule has 1 atom stereocenters. The minimum atomic E-state index is -3.85. The van der Waals surface area contributed by atoms with Gasteiger partial charge in [-0.25, -0.2) is 17.2 Å². The van der Waals surface area contributed by atoms with Gasteiger partial charge in [-0.15, -0.1) is 0 Å². The highest BCUT2D eigenvalue weighted by Crippen LogP contribution is 2.22. The van der Waals surface area contributed by atoms with Crippen molar-refractivity contribution in [3.8, 4) is 0 Å². The molecule has 0 aliphatic rings. The van der Waals surface area contributed by atoms with Crippen LogP contribution in [-0.4, -0.2) is 50.5 Å². The summed E-state index contributed by atoms with van der Waals surface area (Å²) in [4.78, 5) is 28.9. The van der Waals surface area contributed by atoms with Crippen LogP contribution in [-0.2, 0) is 32.6 Å². The molecule has 0 aromatic heterocycles. The van der Waals surface area contributed by atoms with Gasteiger partial charge in [0.2, 0.25) is 21.8 Å². The van der Waals surface area contributed by atoms with Crippen LogP contribution in [0.15, 0.2) is 72.8 Å². The molecule has 1 N–H and O–H groups in total. The van der Waals surface area contributed by atoms with Crippen LogP contribution in [0, 0.1) is 18.6 Å². The van der Waals surface area contributed by atoms with Crippen LogP contribution in [0.4, 0.5) is 14.5 Å². The topological polar surface area (TPSA) is 86.8 Å². The number of sulfonamides is 1. The van der Waals surface area contributed by atoms with Crippen molar-refractivity contribution in [2.45, 2.75) is 58.5 Å². The van der Waals surface area contributed by atoms with Crippen LogP contribution in [0.2, 0.25) is 0 Å². The standard InChI is InChI=1S/C32H39F2N3O4S/c1-4-5-19-35-32(39)30(21-25-10-7-6-8-11-25)36(23-26-15-13-24(2)14-16-26)31(38)12-9-20-37(42(3,40)41)27-17-18-28(33)29(34)22-27/h6-8,10-11,13-18,22,30H,4-5,9,12,19-21,23H2,1-3H3,(H,35,39)/t30-/m1/s1. The molecule has 3 rings (SSSR count). The number of nitrogens with one attached hydrogen (secondary N) is 1. The lowest BCUT2D eigenvalue weighted by Gasteiger charge is -2.32. The van der Waals surface area contributed by atoms with E-state index in [4.69, 9.17) is 0 Å². The van der Waals surface area contributed by atoms with Crippen molar-refractivity contribution in [3.63, 3.8) is 0 Å². The van der Waals surface area contributed by atoms with Gasteiger partial charge in [0.15, 0.2) is 11.6 Å². The average Bonchev–Trinajstić information content (AvgIpc) is 2.95. The number of nitrogens with zero attached hydrogens (tertiary/aromatic N) is 2. The molecule has 3 aromatic rings. The Labute approximate surface area is 247 Å². The van der Waals surface area contributed by atoms with Crippen molar-refractivity contribution >= 4 is 27.5 Å². The van der Waals surface area contributed by atoms with Crippen molar-refractivity contribution in [1.82, 2.24) is 10.2 Å². The fourth-order valence-corrected chi connectivity index (χ4v) is 5.55. The lowest BCUT2D eigenvalue weighted by atomic mass is 10.0. The number of aryl methyl sites for hydroxylation is 1. The van der Waals surface area contributed by atoms with Crippen LogP contribution in [0.25, 0.3) is 0 Å². The maximum Gasteiger partial charge on any atom is 0.243 e. The van der Waals surface area contributed by atoms with Crippen LogP contribution in [0.1, 0.15) is 49.3 Å². The highest BCUT2D eigenvalue weighted by molar-refractivity contribution is 7.92. The van der Waals surface area contributed by atoms with Gasteiger partial charge in [0.05, 0.1) is 11.9 Å². The van der Waals surface area contributed by atoms with Gasteiger partial charge in [0.1, 0.15) is 6.04 Å². The molecule has 0 saturated carbocycles. The van der Waals surface area contributed by atoms with Crippen molar-refractivity contribution < 1.29 is 26.8 Å². The van der Waals surface area contributed by atoms with E-state index in [0.717, 1.165) is 52.2 Å². The van der Waals surface area contributed by atoms with Crippen LogP contribution in [0.3, 0.4) is 0 Å². The van der Waals surface area contributed by atoms with E-state index in [1.807, 2.05) is 68.4 Å². The van der Waals surface area contributed by atoms with E-state index in [1.54, 1.807) is 4.90 Å². The lowest BCUT2D eigenvalue weighted by Crippen LogP contribution is -2.50. The monoisotopic (exact) mass is 599 g/mol. The SMILES string of the molecule is CCCCNC(=O)[C@@H](Cc1ccccc1)N(Cc1ccc(C)cc1)C(=O)CCCN(c1ccc(F)c(F)c1)S(C)(=O)=O. The molecule has 0 aliphatic heterocycles. The zero-order chi connectivity index (χ0) is 30.7. The number of carbonyl (C=O) groups excluding carboxylic acids is 2. The van der Waals surface area contributed by atoms with E-state index in [1.165, 1.54) is 6.07 Å². The first-order chi connectivity index (χ1) is 20.0. The molecule has 0 spiro atoms. The third kappa shape index (κ3) is 9.65. The summed E-state index contributed by atoms with van der Waals surface area (Å²) in [7, 11) is -3.85. The summed E-state index contributed by atoms with van der Waals surface area (Å²) in [6.45, 7) is 4.55. The second-order valence-electron chi connectivity index (χ2n) is 10.4. The summed E-state index contributed by atoms with van der Waals surface area (Å²) in [5.41, 5.74) is 2.79. The highest BCUT2D eigenvalue weighted by Gasteiger charge is 2.30. The van der Waals surface area contributed by atoms with Gasteiger partial charge >= 0.3 is 0 Å².